The SMILES string of the molecule is O=C(c1ccc2nc(C(F)F)[nH]c2c1)N1CCN(c2ccccc2[N+](=O)[O-])CC1. The molecule has 0 spiro atoms. The molecule has 1 aromatic heterocycles. The second-order valence-corrected chi connectivity index (χ2v) is 6.68. The number of carbonyl (C=O) groups is 1. The number of anilines is 1. The van der Waals surface area contributed by atoms with E-state index in [1.807, 2.05) is 4.90 Å². The number of aromatic amines is 1. The molecule has 0 bridgehead atoms. The number of nitrogens with zero attached hydrogens (tertiary/aromatic N) is 4. The average molecular weight is 401 g/mol. The van der Waals surface area contributed by atoms with Gasteiger partial charge >= 0.3 is 0 Å². The van der Waals surface area contributed by atoms with Gasteiger partial charge in [-0.15, -0.1) is 0 Å². The molecule has 0 atom stereocenters. The minimum atomic E-state index is -2.71. The Morgan fingerprint density at radius 3 is 2.55 bits per heavy atom. The Hall–Kier alpha value is -3.56. The van der Waals surface area contributed by atoms with E-state index in [9.17, 15) is 23.7 Å². The third kappa shape index (κ3) is 3.60. The minimum Gasteiger partial charge on any atom is -0.362 e. The minimum absolute atomic E-state index is 0.0341. The first-order valence-electron chi connectivity index (χ1n) is 8.99. The zero-order chi connectivity index (χ0) is 20.5. The predicted octanol–water partition coefficient (Wildman–Crippen LogP) is 3.37. The van der Waals surface area contributed by atoms with Crippen molar-refractivity contribution in [3.63, 3.8) is 0 Å². The molecule has 0 saturated carbocycles. The summed E-state index contributed by atoms with van der Waals surface area (Å²) in [6.07, 6.45) is -2.71. The number of benzene rings is 2. The number of hydrogen-bond donors (Lipinski definition) is 1. The van der Waals surface area contributed by atoms with Crippen molar-refractivity contribution in [2.24, 2.45) is 0 Å². The lowest BCUT2D eigenvalue weighted by molar-refractivity contribution is -0.384. The second kappa shape index (κ2) is 7.46. The number of piperazine rings is 1. The van der Waals surface area contributed by atoms with E-state index in [1.165, 1.54) is 18.2 Å². The first kappa shape index (κ1) is 18.8. The summed E-state index contributed by atoms with van der Waals surface area (Å²) in [6.45, 7) is 1.71. The number of rotatable bonds is 4. The van der Waals surface area contributed by atoms with Gasteiger partial charge in [-0.25, -0.2) is 13.8 Å². The number of amides is 1. The molecule has 0 unspecified atom stereocenters. The van der Waals surface area contributed by atoms with Crippen molar-refractivity contribution in [2.75, 3.05) is 31.1 Å². The first-order chi connectivity index (χ1) is 13.9. The predicted molar refractivity (Wildman–Crippen MR) is 102 cm³/mol. The van der Waals surface area contributed by atoms with Crippen LogP contribution in [-0.2, 0) is 0 Å². The maximum atomic E-state index is 12.8. The maximum Gasteiger partial charge on any atom is 0.295 e. The fraction of sp³-hybridized carbons (Fsp3) is 0.263. The van der Waals surface area contributed by atoms with Crippen LogP contribution < -0.4 is 4.90 Å². The molecule has 1 saturated heterocycles. The Morgan fingerprint density at radius 1 is 1.14 bits per heavy atom. The van der Waals surface area contributed by atoms with Crippen molar-refractivity contribution >= 4 is 28.3 Å². The lowest BCUT2D eigenvalue weighted by Crippen LogP contribution is -2.48. The van der Waals surface area contributed by atoms with Gasteiger partial charge in [0.25, 0.3) is 18.0 Å². The molecule has 29 heavy (non-hydrogen) atoms. The van der Waals surface area contributed by atoms with Crippen LogP contribution in [0, 0.1) is 10.1 Å². The van der Waals surface area contributed by atoms with Crippen LogP contribution in [0.2, 0.25) is 0 Å². The average Bonchev–Trinajstić information content (AvgIpc) is 3.17. The molecule has 1 aliphatic heterocycles. The molecule has 2 heterocycles. The van der Waals surface area contributed by atoms with Crippen molar-refractivity contribution < 1.29 is 18.5 Å². The summed E-state index contributed by atoms with van der Waals surface area (Å²) < 4.78 is 25.6. The van der Waals surface area contributed by atoms with Gasteiger partial charge in [-0.3, -0.25) is 14.9 Å². The Labute approximate surface area is 163 Å². The van der Waals surface area contributed by atoms with Crippen LogP contribution in [0.5, 0.6) is 0 Å². The van der Waals surface area contributed by atoms with Crippen LogP contribution in [0.25, 0.3) is 11.0 Å². The molecule has 8 nitrogen and oxygen atoms in total. The van der Waals surface area contributed by atoms with E-state index in [0.717, 1.165) is 0 Å². The highest BCUT2D eigenvalue weighted by Crippen LogP contribution is 2.28. The summed E-state index contributed by atoms with van der Waals surface area (Å²) in [5, 5.41) is 11.2. The van der Waals surface area contributed by atoms with Gasteiger partial charge in [-0.1, -0.05) is 12.1 Å². The summed E-state index contributed by atoms with van der Waals surface area (Å²) in [4.78, 5) is 33.5. The van der Waals surface area contributed by atoms with Gasteiger partial charge in [0.1, 0.15) is 5.69 Å². The van der Waals surface area contributed by atoms with Crippen molar-refractivity contribution in [2.45, 2.75) is 6.43 Å². The van der Waals surface area contributed by atoms with Crippen LogP contribution in [0.4, 0.5) is 20.2 Å². The zero-order valence-electron chi connectivity index (χ0n) is 15.2. The van der Waals surface area contributed by atoms with E-state index < -0.39 is 17.2 Å². The summed E-state index contributed by atoms with van der Waals surface area (Å²) in [5.74, 6) is -0.648. The number of carbonyl (C=O) groups excluding carboxylic acids is 1. The smallest absolute Gasteiger partial charge is 0.295 e. The van der Waals surface area contributed by atoms with Gasteiger partial charge in [0, 0.05) is 37.8 Å². The van der Waals surface area contributed by atoms with Crippen LogP contribution in [0.15, 0.2) is 42.5 Å². The van der Waals surface area contributed by atoms with E-state index in [1.54, 1.807) is 29.2 Å². The number of fused-ring (bicyclic) bond motifs is 1. The molecule has 2 aromatic carbocycles. The Kier molecular flexibility index (Phi) is 4.83. The number of imidazole rings is 1. The quantitative estimate of drug-likeness (QED) is 0.534. The fourth-order valence-electron chi connectivity index (χ4n) is 3.48. The van der Waals surface area contributed by atoms with Crippen LogP contribution in [-0.4, -0.2) is 51.9 Å². The largest absolute Gasteiger partial charge is 0.362 e. The molecule has 150 valence electrons. The van der Waals surface area contributed by atoms with Gasteiger partial charge in [-0.05, 0) is 24.3 Å². The summed E-state index contributed by atoms with van der Waals surface area (Å²) in [7, 11) is 0. The van der Waals surface area contributed by atoms with Crippen LogP contribution >= 0.6 is 0 Å². The zero-order valence-corrected chi connectivity index (χ0v) is 15.2. The van der Waals surface area contributed by atoms with Gasteiger partial charge < -0.3 is 14.8 Å². The molecule has 1 N–H and O–H groups in total. The van der Waals surface area contributed by atoms with E-state index in [2.05, 4.69) is 9.97 Å². The van der Waals surface area contributed by atoms with Crippen LogP contribution in [0.3, 0.4) is 0 Å². The molecular weight excluding hydrogens is 384 g/mol. The third-order valence-corrected chi connectivity index (χ3v) is 4.94. The van der Waals surface area contributed by atoms with Crippen molar-refractivity contribution in [1.82, 2.24) is 14.9 Å². The number of para-hydroxylation sites is 2. The van der Waals surface area contributed by atoms with Gasteiger partial charge in [-0.2, -0.15) is 0 Å². The molecule has 0 radical (unpaired) electrons. The molecule has 3 aromatic rings. The van der Waals surface area contributed by atoms with E-state index >= 15 is 0 Å². The van der Waals surface area contributed by atoms with Crippen LogP contribution in [0.1, 0.15) is 22.6 Å². The Balaban J connectivity index is 1.48. The summed E-state index contributed by atoms with van der Waals surface area (Å²) in [6, 6.07) is 11.1. The van der Waals surface area contributed by atoms with E-state index in [0.29, 0.717) is 48.5 Å². The Bertz CT molecular complexity index is 1080. The number of hydrogen-bond acceptors (Lipinski definition) is 5. The topological polar surface area (TPSA) is 95.4 Å². The number of aromatic nitrogens is 2. The number of nitro groups is 1. The number of nitrogens with one attached hydrogen (secondary N) is 1. The number of alkyl halides is 2. The molecule has 0 aliphatic carbocycles. The van der Waals surface area contributed by atoms with Crippen molar-refractivity contribution in [3.8, 4) is 0 Å². The molecular formula is C19H17F2N5O3. The van der Waals surface area contributed by atoms with Crippen molar-refractivity contribution in [1.29, 1.82) is 0 Å². The third-order valence-electron chi connectivity index (χ3n) is 4.94. The lowest BCUT2D eigenvalue weighted by atomic mass is 10.1. The highest BCUT2D eigenvalue weighted by Gasteiger charge is 2.26. The highest BCUT2D eigenvalue weighted by atomic mass is 19.3. The van der Waals surface area contributed by atoms with E-state index in [4.69, 9.17) is 0 Å². The van der Waals surface area contributed by atoms with Gasteiger partial charge in [0.15, 0.2) is 5.82 Å². The number of H-pyrrole nitrogens is 1. The van der Waals surface area contributed by atoms with Gasteiger partial charge in [0.05, 0.1) is 16.0 Å². The number of nitro benzene ring substituents is 1. The molecule has 10 heteroatoms. The molecule has 4 rings (SSSR count). The van der Waals surface area contributed by atoms with Gasteiger partial charge in [0.2, 0.25) is 0 Å². The second-order valence-electron chi connectivity index (χ2n) is 6.68. The van der Waals surface area contributed by atoms with Crippen molar-refractivity contribution in [3.05, 3.63) is 64.0 Å². The standard InChI is InChI=1S/C19H17F2N5O3/c20-17(21)18-22-13-6-5-12(11-14(13)23-18)19(27)25-9-7-24(8-10-25)15-3-1-2-4-16(15)26(28)29/h1-6,11,17H,7-10H2,(H,22,23). The first-order valence-corrected chi connectivity index (χ1v) is 8.99. The fourth-order valence-corrected chi connectivity index (χ4v) is 3.48. The molecule has 1 aliphatic rings. The van der Waals surface area contributed by atoms with E-state index in [-0.39, 0.29) is 11.6 Å². The lowest BCUT2D eigenvalue weighted by Gasteiger charge is -2.35. The highest BCUT2D eigenvalue weighted by molar-refractivity contribution is 5.97. The summed E-state index contributed by atoms with van der Waals surface area (Å²) in [5.41, 5.74) is 1.69. The number of halogens is 2. The monoisotopic (exact) mass is 401 g/mol. The molecule has 1 fully saturated rings. The molecule has 1 amide bonds. The maximum absolute atomic E-state index is 12.8. The Morgan fingerprint density at radius 2 is 1.86 bits per heavy atom. The summed E-state index contributed by atoms with van der Waals surface area (Å²) >= 11 is 0. The normalized spacial score (nSPS) is 14.6.